The lowest BCUT2D eigenvalue weighted by atomic mass is 10.1. The Bertz CT molecular complexity index is 728. The number of para-hydroxylation sites is 1. The Balaban J connectivity index is 1.64. The quantitative estimate of drug-likeness (QED) is 0.883. The van der Waals surface area contributed by atoms with Crippen molar-refractivity contribution in [3.05, 3.63) is 59.7 Å². The molecule has 0 heterocycles. The van der Waals surface area contributed by atoms with Crippen molar-refractivity contribution in [2.45, 2.75) is 25.8 Å². The van der Waals surface area contributed by atoms with Crippen molar-refractivity contribution in [3.8, 4) is 11.5 Å². The molecule has 1 N–H and O–H groups in total. The lowest BCUT2D eigenvalue weighted by Crippen LogP contribution is -2.28. The predicted octanol–water partition coefficient (Wildman–Crippen LogP) is 3.55. The molecule has 0 unspecified atom stereocenters. The summed E-state index contributed by atoms with van der Waals surface area (Å²) in [5.41, 5.74) is 2.06. The summed E-state index contributed by atoms with van der Waals surface area (Å²) in [6.07, 6.45) is 0.847. The van der Waals surface area contributed by atoms with Gasteiger partial charge in [0.15, 0.2) is 0 Å². The number of benzene rings is 2. The van der Waals surface area contributed by atoms with Crippen LogP contribution in [0.15, 0.2) is 48.5 Å². The summed E-state index contributed by atoms with van der Waals surface area (Å²) >= 11 is 0. The smallest absolute Gasteiger partial charge is 0.226 e. The normalized spacial score (nSPS) is 18.9. The van der Waals surface area contributed by atoms with Crippen molar-refractivity contribution < 1.29 is 14.6 Å². The number of carbonyl (C=O) groups excluding carboxylic acids is 1. The van der Waals surface area contributed by atoms with E-state index < -0.39 is 0 Å². The molecular formula is C20H23NO3. The first-order chi connectivity index (χ1) is 11.6. The molecular weight excluding hydrogens is 302 g/mol. The molecule has 0 aliphatic heterocycles. The molecule has 24 heavy (non-hydrogen) atoms. The third-order valence-corrected chi connectivity index (χ3v) is 4.46. The van der Waals surface area contributed by atoms with Crippen molar-refractivity contribution in [1.29, 1.82) is 0 Å². The zero-order chi connectivity index (χ0) is 17.1. The van der Waals surface area contributed by atoms with Crippen molar-refractivity contribution >= 4 is 5.91 Å². The van der Waals surface area contributed by atoms with Gasteiger partial charge in [0, 0.05) is 25.1 Å². The minimum atomic E-state index is 0.0102. The van der Waals surface area contributed by atoms with Gasteiger partial charge in [0.2, 0.25) is 5.91 Å². The van der Waals surface area contributed by atoms with Crippen LogP contribution in [0, 0.1) is 5.92 Å². The summed E-state index contributed by atoms with van der Waals surface area (Å²) in [6, 6.07) is 15.0. The van der Waals surface area contributed by atoms with Crippen LogP contribution in [0.1, 0.15) is 30.4 Å². The van der Waals surface area contributed by atoms with Gasteiger partial charge in [0.05, 0.1) is 6.61 Å². The van der Waals surface area contributed by atoms with Gasteiger partial charge in [-0.3, -0.25) is 4.79 Å². The fraction of sp³-hybridized carbons (Fsp3) is 0.350. The molecule has 4 nitrogen and oxygen atoms in total. The van der Waals surface area contributed by atoms with E-state index in [1.807, 2.05) is 50.4 Å². The Hall–Kier alpha value is -2.49. The number of amides is 1. The number of ether oxygens (including phenoxy) is 1. The topological polar surface area (TPSA) is 49.8 Å². The highest BCUT2D eigenvalue weighted by atomic mass is 16.5. The maximum atomic E-state index is 12.7. The second-order valence-electron chi connectivity index (χ2n) is 6.28. The molecule has 0 aromatic heterocycles. The summed E-state index contributed by atoms with van der Waals surface area (Å²) in [5, 5.41) is 9.59. The van der Waals surface area contributed by atoms with Gasteiger partial charge in [0.1, 0.15) is 11.5 Å². The van der Waals surface area contributed by atoms with Crippen LogP contribution in [0.25, 0.3) is 0 Å². The number of hydrogen-bond donors (Lipinski definition) is 1. The fourth-order valence-electron chi connectivity index (χ4n) is 3.14. The number of phenols is 1. The minimum absolute atomic E-state index is 0.0102. The number of aromatic hydroxyl groups is 1. The third kappa shape index (κ3) is 3.53. The molecule has 2 atom stereocenters. The van der Waals surface area contributed by atoms with E-state index >= 15 is 0 Å². The molecule has 1 fully saturated rings. The van der Waals surface area contributed by atoms with E-state index in [1.165, 1.54) is 0 Å². The van der Waals surface area contributed by atoms with Gasteiger partial charge in [-0.1, -0.05) is 30.3 Å². The lowest BCUT2D eigenvalue weighted by Gasteiger charge is -2.19. The van der Waals surface area contributed by atoms with Crippen LogP contribution < -0.4 is 4.74 Å². The van der Waals surface area contributed by atoms with Crippen LogP contribution in [0.2, 0.25) is 0 Å². The van der Waals surface area contributed by atoms with Crippen molar-refractivity contribution in [2.75, 3.05) is 13.7 Å². The summed E-state index contributed by atoms with van der Waals surface area (Å²) in [6.45, 7) is 3.10. The van der Waals surface area contributed by atoms with E-state index in [1.54, 1.807) is 17.0 Å². The van der Waals surface area contributed by atoms with E-state index in [4.69, 9.17) is 4.74 Å². The molecule has 126 valence electrons. The number of phenolic OH excluding ortho intramolecular Hbond substituents is 1. The average molecular weight is 325 g/mol. The summed E-state index contributed by atoms with van der Waals surface area (Å²) in [5.74, 6) is 1.46. The second kappa shape index (κ2) is 6.95. The Morgan fingerprint density at radius 2 is 2.04 bits per heavy atom. The maximum absolute atomic E-state index is 12.7. The molecule has 3 rings (SSSR count). The molecule has 0 spiro atoms. The predicted molar refractivity (Wildman–Crippen MR) is 93.0 cm³/mol. The first kappa shape index (κ1) is 16.4. The highest BCUT2D eigenvalue weighted by Crippen LogP contribution is 2.49. The highest BCUT2D eigenvalue weighted by Gasteiger charge is 2.45. The molecule has 1 amide bonds. The number of hydrogen-bond acceptors (Lipinski definition) is 3. The van der Waals surface area contributed by atoms with Crippen LogP contribution >= 0.6 is 0 Å². The minimum Gasteiger partial charge on any atom is -0.508 e. The summed E-state index contributed by atoms with van der Waals surface area (Å²) in [4.78, 5) is 14.4. The Morgan fingerprint density at radius 3 is 2.79 bits per heavy atom. The summed E-state index contributed by atoms with van der Waals surface area (Å²) in [7, 11) is 1.84. The van der Waals surface area contributed by atoms with Gasteiger partial charge >= 0.3 is 0 Å². The van der Waals surface area contributed by atoms with Crippen molar-refractivity contribution in [2.24, 2.45) is 5.92 Å². The lowest BCUT2D eigenvalue weighted by molar-refractivity contribution is -0.131. The molecule has 0 saturated heterocycles. The maximum Gasteiger partial charge on any atom is 0.226 e. The zero-order valence-corrected chi connectivity index (χ0v) is 14.1. The van der Waals surface area contributed by atoms with Crippen LogP contribution in [0.5, 0.6) is 11.5 Å². The van der Waals surface area contributed by atoms with Crippen LogP contribution in [-0.4, -0.2) is 29.6 Å². The molecule has 1 saturated carbocycles. The van der Waals surface area contributed by atoms with E-state index in [0.717, 1.165) is 23.3 Å². The van der Waals surface area contributed by atoms with Crippen molar-refractivity contribution in [3.63, 3.8) is 0 Å². The average Bonchev–Trinajstić information content (AvgIpc) is 3.37. The van der Waals surface area contributed by atoms with Crippen LogP contribution in [0.3, 0.4) is 0 Å². The number of rotatable bonds is 6. The summed E-state index contributed by atoms with van der Waals surface area (Å²) < 4.78 is 5.63. The molecule has 1 aliphatic carbocycles. The molecule has 2 aromatic rings. The molecule has 4 heteroatoms. The van der Waals surface area contributed by atoms with Gasteiger partial charge in [-0.15, -0.1) is 0 Å². The molecule has 1 aliphatic rings. The van der Waals surface area contributed by atoms with Gasteiger partial charge in [-0.25, -0.2) is 0 Å². The van der Waals surface area contributed by atoms with Crippen LogP contribution in [0.4, 0.5) is 0 Å². The van der Waals surface area contributed by atoms with Crippen molar-refractivity contribution in [1.82, 2.24) is 4.90 Å². The first-order valence-corrected chi connectivity index (χ1v) is 8.34. The third-order valence-electron chi connectivity index (χ3n) is 4.46. The fourth-order valence-corrected chi connectivity index (χ4v) is 3.14. The first-order valence-electron chi connectivity index (χ1n) is 8.34. The van der Waals surface area contributed by atoms with Crippen LogP contribution in [-0.2, 0) is 11.3 Å². The number of carbonyl (C=O) groups is 1. The van der Waals surface area contributed by atoms with Gasteiger partial charge in [-0.05, 0) is 43.0 Å². The Kier molecular flexibility index (Phi) is 4.74. The zero-order valence-electron chi connectivity index (χ0n) is 14.1. The van der Waals surface area contributed by atoms with Gasteiger partial charge in [0.25, 0.3) is 0 Å². The van der Waals surface area contributed by atoms with Gasteiger partial charge < -0.3 is 14.7 Å². The molecule has 0 bridgehead atoms. The van der Waals surface area contributed by atoms with E-state index in [0.29, 0.717) is 13.2 Å². The second-order valence-corrected chi connectivity index (χ2v) is 6.28. The van der Waals surface area contributed by atoms with Gasteiger partial charge in [-0.2, -0.15) is 0 Å². The highest BCUT2D eigenvalue weighted by molar-refractivity contribution is 5.83. The number of nitrogens with zero attached hydrogens (tertiary/aromatic N) is 1. The Labute approximate surface area is 142 Å². The Morgan fingerprint density at radius 1 is 1.25 bits per heavy atom. The molecule has 0 radical (unpaired) electrons. The van der Waals surface area contributed by atoms with E-state index in [2.05, 4.69) is 0 Å². The monoisotopic (exact) mass is 325 g/mol. The molecule has 2 aromatic carbocycles. The SMILES string of the molecule is CCOc1ccccc1CN(C)C(=O)[C@H]1C[C@H]1c1cccc(O)c1. The largest absolute Gasteiger partial charge is 0.508 e. The standard InChI is InChI=1S/C20H23NO3/c1-3-24-19-10-5-4-7-15(19)13-21(2)20(23)18-12-17(18)14-8-6-9-16(22)11-14/h4-11,17-18,22H,3,12-13H2,1-2H3/t17-,18-/m0/s1. The van der Waals surface area contributed by atoms with E-state index in [9.17, 15) is 9.90 Å². The van der Waals surface area contributed by atoms with E-state index in [-0.39, 0.29) is 23.5 Å².